The van der Waals surface area contributed by atoms with Gasteiger partial charge in [0.2, 0.25) is 0 Å². The predicted molar refractivity (Wildman–Crippen MR) is 99.5 cm³/mol. The number of methoxy groups -OCH3 is 1. The molecule has 3 rings (SSSR count). The van der Waals surface area contributed by atoms with E-state index < -0.39 is 17.8 Å². The van der Waals surface area contributed by atoms with Crippen LogP contribution in [-0.2, 0) is 16.1 Å². The second-order valence-corrected chi connectivity index (χ2v) is 6.33. The molecule has 8 heteroatoms. The molecular weight excluding hydrogens is 364 g/mol. The topological polar surface area (TPSA) is 98.1 Å². The molecule has 1 aliphatic heterocycles. The maximum absolute atomic E-state index is 12.8. The second kappa shape index (κ2) is 7.99. The number of furan rings is 1. The van der Waals surface area contributed by atoms with Crippen molar-refractivity contribution in [1.82, 2.24) is 10.2 Å². The minimum absolute atomic E-state index is 0.0876. The van der Waals surface area contributed by atoms with Crippen LogP contribution < -0.4 is 14.8 Å². The van der Waals surface area contributed by atoms with Crippen molar-refractivity contribution in [2.45, 2.75) is 26.5 Å². The van der Waals surface area contributed by atoms with E-state index in [1.165, 1.54) is 19.4 Å². The van der Waals surface area contributed by atoms with E-state index in [0.29, 0.717) is 22.8 Å². The van der Waals surface area contributed by atoms with Gasteiger partial charge in [-0.15, -0.1) is 0 Å². The molecule has 1 fully saturated rings. The summed E-state index contributed by atoms with van der Waals surface area (Å²) in [7, 11) is 1.50. The number of urea groups is 1. The number of hydrogen-bond acceptors (Lipinski definition) is 6. The Kier molecular flexibility index (Phi) is 5.49. The highest BCUT2D eigenvalue weighted by molar-refractivity contribution is 6.31. The molecule has 1 aromatic carbocycles. The van der Waals surface area contributed by atoms with E-state index in [1.54, 1.807) is 30.3 Å². The highest BCUT2D eigenvalue weighted by Gasteiger charge is 2.36. The molecule has 0 spiro atoms. The first-order valence-corrected chi connectivity index (χ1v) is 8.65. The minimum Gasteiger partial charge on any atom is -0.493 e. The van der Waals surface area contributed by atoms with Crippen LogP contribution in [0.2, 0.25) is 0 Å². The van der Waals surface area contributed by atoms with Gasteiger partial charge in [0, 0.05) is 5.56 Å². The molecule has 1 saturated heterocycles. The largest absolute Gasteiger partial charge is 0.493 e. The lowest BCUT2D eigenvalue weighted by molar-refractivity contribution is -0.130. The summed E-state index contributed by atoms with van der Waals surface area (Å²) >= 11 is 0. The van der Waals surface area contributed by atoms with Crippen molar-refractivity contribution < 1.29 is 28.3 Å². The SMILES string of the molecule is COc1cccc(/C=C2\C(=O)NC(=O)N(Cc3ccco3)C2=O)c1OC(C)C. The number of barbiturate groups is 1. The van der Waals surface area contributed by atoms with Gasteiger partial charge in [-0.3, -0.25) is 19.8 Å². The number of amides is 4. The number of imide groups is 2. The molecular formula is C20H20N2O6. The normalized spacial score (nSPS) is 15.9. The van der Waals surface area contributed by atoms with Gasteiger partial charge in [0.1, 0.15) is 11.3 Å². The van der Waals surface area contributed by atoms with Crippen LogP contribution in [-0.4, -0.2) is 36.0 Å². The third kappa shape index (κ3) is 3.90. The van der Waals surface area contributed by atoms with E-state index in [-0.39, 0.29) is 18.2 Å². The average molecular weight is 384 g/mol. The zero-order chi connectivity index (χ0) is 20.3. The molecule has 0 atom stereocenters. The van der Waals surface area contributed by atoms with Crippen molar-refractivity contribution in [3.05, 3.63) is 53.5 Å². The summed E-state index contributed by atoms with van der Waals surface area (Å²) in [6.07, 6.45) is 2.68. The Hall–Kier alpha value is -3.55. The van der Waals surface area contributed by atoms with Crippen LogP contribution in [0.5, 0.6) is 11.5 Å². The Morgan fingerprint density at radius 3 is 2.61 bits per heavy atom. The number of rotatable bonds is 6. The lowest BCUT2D eigenvalue weighted by Gasteiger charge is -2.25. The average Bonchev–Trinajstić information content (AvgIpc) is 3.16. The van der Waals surface area contributed by atoms with Crippen molar-refractivity contribution in [3.8, 4) is 11.5 Å². The molecule has 0 saturated carbocycles. The summed E-state index contributed by atoms with van der Waals surface area (Å²) in [5.41, 5.74) is 0.298. The molecule has 0 unspecified atom stereocenters. The zero-order valence-electron chi connectivity index (χ0n) is 15.7. The Labute approximate surface area is 161 Å². The van der Waals surface area contributed by atoms with Crippen molar-refractivity contribution in [2.75, 3.05) is 7.11 Å². The summed E-state index contributed by atoms with van der Waals surface area (Å²) in [6.45, 7) is 3.62. The number of ether oxygens (including phenoxy) is 2. The fraction of sp³-hybridized carbons (Fsp3) is 0.250. The van der Waals surface area contributed by atoms with E-state index in [4.69, 9.17) is 13.9 Å². The number of nitrogens with zero attached hydrogens (tertiary/aromatic N) is 1. The number of hydrogen-bond donors (Lipinski definition) is 1. The third-order valence-corrected chi connectivity index (χ3v) is 3.96. The highest BCUT2D eigenvalue weighted by atomic mass is 16.5. The lowest BCUT2D eigenvalue weighted by atomic mass is 10.1. The summed E-state index contributed by atoms with van der Waals surface area (Å²) in [6, 6.07) is 7.62. The Bertz CT molecular complexity index is 930. The van der Waals surface area contributed by atoms with Gasteiger partial charge >= 0.3 is 6.03 Å². The van der Waals surface area contributed by atoms with Gasteiger partial charge < -0.3 is 13.9 Å². The molecule has 1 N–H and O–H groups in total. The Morgan fingerprint density at radius 2 is 1.96 bits per heavy atom. The van der Waals surface area contributed by atoms with Crippen LogP contribution in [0.4, 0.5) is 4.79 Å². The van der Waals surface area contributed by atoms with Gasteiger partial charge in [0.25, 0.3) is 11.8 Å². The van der Waals surface area contributed by atoms with E-state index in [9.17, 15) is 14.4 Å². The Balaban J connectivity index is 1.99. The first kappa shape index (κ1) is 19.2. The van der Waals surface area contributed by atoms with Crippen LogP contribution in [0.3, 0.4) is 0 Å². The van der Waals surface area contributed by atoms with Gasteiger partial charge in [0.05, 0.1) is 26.0 Å². The van der Waals surface area contributed by atoms with E-state index in [0.717, 1.165) is 4.90 Å². The predicted octanol–water partition coefficient (Wildman–Crippen LogP) is 2.74. The molecule has 2 aromatic rings. The smallest absolute Gasteiger partial charge is 0.331 e. The van der Waals surface area contributed by atoms with Crippen molar-refractivity contribution in [2.24, 2.45) is 0 Å². The third-order valence-electron chi connectivity index (χ3n) is 3.96. The van der Waals surface area contributed by atoms with Gasteiger partial charge in [-0.05, 0) is 38.1 Å². The van der Waals surface area contributed by atoms with Gasteiger partial charge in [-0.1, -0.05) is 12.1 Å². The Morgan fingerprint density at radius 1 is 1.18 bits per heavy atom. The van der Waals surface area contributed by atoms with Crippen LogP contribution in [0, 0.1) is 0 Å². The minimum atomic E-state index is -0.798. The van der Waals surface area contributed by atoms with E-state index in [2.05, 4.69) is 5.32 Å². The molecule has 1 aromatic heterocycles. The lowest BCUT2D eigenvalue weighted by Crippen LogP contribution is -2.53. The molecule has 146 valence electrons. The maximum atomic E-state index is 12.8. The first-order chi connectivity index (χ1) is 13.4. The molecule has 2 heterocycles. The summed E-state index contributed by atoms with van der Waals surface area (Å²) in [4.78, 5) is 38.2. The van der Waals surface area contributed by atoms with Crippen molar-refractivity contribution >= 4 is 23.9 Å². The van der Waals surface area contributed by atoms with Crippen LogP contribution in [0.25, 0.3) is 6.08 Å². The molecule has 0 bridgehead atoms. The van der Waals surface area contributed by atoms with Crippen molar-refractivity contribution in [1.29, 1.82) is 0 Å². The van der Waals surface area contributed by atoms with Gasteiger partial charge in [-0.25, -0.2) is 4.79 Å². The van der Waals surface area contributed by atoms with Crippen LogP contribution >= 0.6 is 0 Å². The standard InChI is InChI=1S/C20H20N2O6/c1-12(2)28-17-13(6-4-8-16(17)26-3)10-15-18(23)21-20(25)22(19(15)24)11-14-7-5-9-27-14/h4-10,12H,11H2,1-3H3,(H,21,23,25)/b15-10+. The first-order valence-electron chi connectivity index (χ1n) is 8.65. The zero-order valence-corrected chi connectivity index (χ0v) is 15.7. The molecule has 4 amide bonds. The fourth-order valence-electron chi connectivity index (χ4n) is 2.72. The summed E-state index contributed by atoms with van der Waals surface area (Å²) < 4.78 is 16.3. The number of carbonyl (C=O) groups excluding carboxylic acids is 3. The highest BCUT2D eigenvalue weighted by Crippen LogP contribution is 2.34. The number of benzene rings is 1. The molecule has 0 radical (unpaired) electrons. The van der Waals surface area contributed by atoms with Crippen LogP contribution in [0.1, 0.15) is 25.2 Å². The van der Waals surface area contributed by atoms with E-state index >= 15 is 0 Å². The number of para-hydroxylation sites is 1. The maximum Gasteiger partial charge on any atom is 0.331 e. The van der Waals surface area contributed by atoms with E-state index in [1.807, 2.05) is 13.8 Å². The number of nitrogens with one attached hydrogen (secondary N) is 1. The number of carbonyl (C=O) groups is 3. The molecule has 0 aliphatic carbocycles. The summed E-state index contributed by atoms with van der Waals surface area (Å²) in [5.74, 6) is -0.201. The molecule has 28 heavy (non-hydrogen) atoms. The summed E-state index contributed by atoms with van der Waals surface area (Å²) in [5, 5.41) is 2.18. The van der Waals surface area contributed by atoms with Gasteiger partial charge in [0.15, 0.2) is 11.5 Å². The monoisotopic (exact) mass is 384 g/mol. The molecule has 8 nitrogen and oxygen atoms in total. The molecule has 1 aliphatic rings. The quantitative estimate of drug-likeness (QED) is 0.607. The second-order valence-electron chi connectivity index (χ2n) is 6.33. The fourth-order valence-corrected chi connectivity index (χ4v) is 2.72. The van der Waals surface area contributed by atoms with Crippen LogP contribution in [0.15, 0.2) is 46.6 Å². The van der Waals surface area contributed by atoms with Gasteiger partial charge in [-0.2, -0.15) is 0 Å². The van der Waals surface area contributed by atoms with Crippen molar-refractivity contribution in [3.63, 3.8) is 0 Å².